The van der Waals surface area contributed by atoms with Gasteiger partial charge in [-0.05, 0) is 80.1 Å². The summed E-state index contributed by atoms with van der Waals surface area (Å²) in [6.45, 7) is 18.4. The summed E-state index contributed by atoms with van der Waals surface area (Å²) < 4.78 is 17.8. The number of methoxy groups -OCH3 is 1. The second-order valence-corrected chi connectivity index (χ2v) is 12.7. The molecule has 0 aliphatic carbocycles. The minimum absolute atomic E-state index is 0. The zero-order chi connectivity index (χ0) is 31.4. The molecule has 1 heterocycles. The average molecular weight is 597 g/mol. The van der Waals surface area contributed by atoms with E-state index in [-0.39, 0.29) is 30.6 Å². The molecule has 0 unspecified atom stereocenters. The molecule has 1 aliphatic rings. The highest BCUT2D eigenvalue weighted by Gasteiger charge is 2.28. The Kier molecular flexibility index (Phi) is 16.2. The van der Waals surface area contributed by atoms with Crippen LogP contribution in [0.3, 0.4) is 0 Å². The Bertz CT molecular complexity index is 1140. The number of carbonyl (C=O) groups is 1. The highest BCUT2D eigenvalue weighted by Crippen LogP contribution is 2.41. The van der Waals surface area contributed by atoms with E-state index < -0.39 is 0 Å². The molecule has 0 atom stereocenters. The van der Waals surface area contributed by atoms with Crippen LogP contribution in [0.1, 0.15) is 135 Å². The third-order valence-electron chi connectivity index (χ3n) is 8.20. The monoisotopic (exact) mass is 596 g/mol. The lowest BCUT2D eigenvalue weighted by Gasteiger charge is -2.29. The van der Waals surface area contributed by atoms with E-state index in [4.69, 9.17) is 19.6 Å². The van der Waals surface area contributed by atoms with E-state index in [1.165, 1.54) is 0 Å². The summed E-state index contributed by atoms with van der Waals surface area (Å²) in [4.78, 5) is 18.1. The maximum absolute atomic E-state index is 13.6. The highest BCUT2D eigenvalue weighted by atomic mass is 16.5. The van der Waals surface area contributed by atoms with Crippen LogP contribution in [0.2, 0.25) is 0 Å². The smallest absolute Gasteiger partial charge is 0.212 e. The molecule has 1 aliphatic heterocycles. The van der Waals surface area contributed by atoms with Gasteiger partial charge in [-0.25, -0.2) is 0 Å². The second kappa shape index (κ2) is 18.2. The Balaban J connectivity index is 0.00000924. The van der Waals surface area contributed by atoms with E-state index in [9.17, 15) is 4.79 Å². The van der Waals surface area contributed by atoms with Crippen LogP contribution in [-0.2, 0) is 14.9 Å². The van der Waals surface area contributed by atoms with E-state index in [0.717, 1.165) is 72.5 Å². The number of ether oxygens (including phenoxy) is 3. The first-order chi connectivity index (χ1) is 19.9. The van der Waals surface area contributed by atoms with E-state index in [1.807, 2.05) is 25.1 Å². The van der Waals surface area contributed by atoms with Gasteiger partial charge in [-0.15, -0.1) is 0 Å². The van der Waals surface area contributed by atoms with Crippen molar-refractivity contribution in [2.24, 2.45) is 10.9 Å². The molecule has 1 aromatic rings. The average Bonchev–Trinajstić information content (AvgIpc) is 2.97. The lowest BCUT2D eigenvalue weighted by Crippen LogP contribution is -2.21. The Hall–Kier alpha value is -2.73. The number of Topliss-reactive ketones (excluding diaryl/α,β-unsaturated/α-hetero) is 1. The number of aliphatic imine (C=N–C) groups is 1. The van der Waals surface area contributed by atoms with Gasteiger partial charge in [0, 0.05) is 55.5 Å². The van der Waals surface area contributed by atoms with Crippen LogP contribution in [0.15, 0.2) is 40.4 Å². The highest BCUT2D eigenvalue weighted by molar-refractivity contribution is 6.04. The van der Waals surface area contributed by atoms with Gasteiger partial charge in [0.15, 0.2) is 5.78 Å². The van der Waals surface area contributed by atoms with Crippen molar-refractivity contribution in [2.75, 3.05) is 27.4 Å². The molecular formula is C37H60N2O4. The van der Waals surface area contributed by atoms with Crippen LogP contribution in [-0.4, -0.2) is 50.9 Å². The van der Waals surface area contributed by atoms with E-state index in [2.05, 4.69) is 59.5 Å². The quantitative estimate of drug-likeness (QED) is 0.100. The van der Waals surface area contributed by atoms with Crippen molar-refractivity contribution in [3.8, 4) is 5.75 Å². The van der Waals surface area contributed by atoms with Crippen LogP contribution in [0, 0.1) is 11.3 Å². The molecule has 1 N–H and O–H groups in total. The SMILES string of the molecule is C.C/C=C(\CCC(=O)c1cc(C2CCOCC2)c(OC)c(C(C)(C)C)c1)CC(=N)/C=C(\C(=NC)OC(CC)CC)C(C)C. The summed E-state index contributed by atoms with van der Waals surface area (Å²) in [7, 11) is 3.48. The molecule has 6 heteroatoms. The zero-order valence-electron chi connectivity index (χ0n) is 28.0. The Morgan fingerprint density at radius 3 is 2.26 bits per heavy atom. The number of rotatable bonds is 14. The van der Waals surface area contributed by atoms with Crippen molar-refractivity contribution >= 4 is 17.4 Å². The van der Waals surface area contributed by atoms with Crippen molar-refractivity contribution in [1.29, 1.82) is 5.41 Å². The first kappa shape index (κ1) is 38.3. The van der Waals surface area contributed by atoms with Crippen LogP contribution in [0.25, 0.3) is 0 Å². The predicted octanol–water partition coefficient (Wildman–Crippen LogP) is 9.66. The van der Waals surface area contributed by atoms with Gasteiger partial charge in [-0.2, -0.15) is 0 Å². The molecule has 0 amide bonds. The summed E-state index contributed by atoms with van der Waals surface area (Å²) in [6.07, 6.45) is 9.26. The molecule has 0 radical (unpaired) electrons. The molecule has 1 saturated heterocycles. The third kappa shape index (κ3) is 11.0. The molecule has 242 valence electrons. The minimum Gasteiger partial charge on any atom is -0.496 e. The topological polar surface area (TPSA) is 81.0 Å². The summed E-state index contributed by atoms with van der Waals surface area (Å²) in [6, 6.07) is 4.09. The second-order valence-electron chi connectivity index (χ2n) is 12.7. The number of benzene rings is 1. The van der Waals surface area contributed by atoms with Gasteiger partial charge in [-0.3, -0.25) is 9.79 Å². The zero-order valence-corrected chi connectivity index (χ0v) is 28.0. The predicted molar refractivity (Wildman–Crippen MR) is 183 cm³/mol. The number of allylic oxidation sites excluding steroid dienone is 3. The normalized spacial score (nSPS) is 15.5. The number of nitrogens with zero attached hydrogens (tertiary/aromatic N) is 1. The maximum atomic E-state index is 13.6. The van der Waals surface area contributed by atoms with Gasteiger partial charge in [0.2, 0.25) is 5.90 Å². The molecule has 0 aromatic heterocycles. The number of ketones is 1. The van der Waals surface area contributed by atoms with Gasteiger partial charge in [-0.1, -0.05) is 67.5 Å². The standard InChI is InChI=1S/C36H56N2O4.CH4/c1-11-25(20-28(37)23-30(24(4)5)35(38-9)42-29(12-2)13-3)14-15-33(39)27-21-31(26-16-18-41-19-17-26)34(40-10)32(22-27)36(6,7)8;/h11,21-24,26,29,37H,12-20H2,1-10H3;1H4/b25-11+,30-23-,37-28?,38-35?;. The fourth-order valence-corrected chi connectivity index (χ4v) is 5.48. The lowest BCUT2D eigenvalue weighted by atomic mass is 9.79. The Labute approximate surface area is 262 Å². The molecule has 1 fully saturated rings. The van der Waals surface area contributed by atoms with Crippen molar-refractivity contribution < 1.29 is 19.0 Å². The van der Waals surface area contributed by atoms with Crippen LogP contribution in [0.5, 0.6) is 5.75 Å². The van der Waals surface area contributed by atoms with Crippen molar-refractivity contribution in [1.82, 2.24) is 0 Å². The van der Waals surface area contributed by atoms with Crippen molar-refractivity contribution in [3.05, 3.63) is 52.1 Å². The van der Waals surface area contributed by atoms with Gasteiger partial charge < -0.3 is 19.6 Å². The maximum Gasteiger partial charge on any atom is 0.212 e. The molecule has 6 nitrogen and oxygen atoms in total. The first-order valence-electron chi connectivity index (χ1n) is 15.8. The molecule has 0 spiro atoms. The van der Waals surface area contributed by atoms with E-state index >= 15 is 0 Å². The van der Waals surface area contributed by atoms with E-state index in [0.29, 0.717) is 36.8 Å². The largest absolute Gasteiger partial charge is 0.496 e. The van der Waals surface area contributed by atoms with Crippen molar-refractivity contribution in [2.45, 2.75) is 125 Å². The fourth-order valence-electron chi connectivity index (χ4n) is 5.48. The molecule has 0 saturated carbocycles. The Morgan fingerprint density at radius 2 is 1.77 bits per heavy atom. The van der Waals surface area contributed by atoms with Crippen molar-refractivity contribution in [3.63, 3.8) is 0 Å². The van der Waals surface area contributed by atoms with Crippen LogP contribution < -0.4 is 4.74 Å². The molecule has 43 heavy (non-hydrogen) atoms. The number of nitrogens with one attached hydrogen (secondary N) is 1. The Morgan fingerprint density at radius 1 is 1.14 bits per heavy atom. The summed E-state index contributed by atoms with van der Waals surface area (Å²) in [5, 5.41) is 8.78. The van der Waals surface area contributed by atoms with Gasteiger partial charge in [0.25, 0.3) is 0 Å². The number of hydrogen-bond donors (Lipinski definition) is 1. The molecule has 1 aromatic carbocycles. The molecule has 0 bridgehead atoms. The van der Waals surface area contributed by atoms with Gasteiger partial charge in [0.1, 0.15) is 5.75 Å². The molecular weight excluding hydrogens is 536 g/mol. The van der Waals surface area contributed by atoms with E-state index in [1.54, 1.807) is 14.2 Å². The number of carbonyl (C=O) groups excluding carboxylic acids is 1. The minimum atomic E-state index is -0.162. The van der Waals surface area contributed by atoms with Crippen LogP contribution >= 0.6 is 0 Å². The lowest BCUT2D eigenvalue weighted by molar-refractivity contribution is 0.0847. The summed E-state index contributed by atoms with van der Waals surface area (Å²) in [5.41, 5.74) is 5.30. The third-order valence-corrected chi connectivity index (χ3v) is 8.20. The van der Waals surface area contributed by atoms with Gasteiger partial charge in [0.05, 0.1) is 13.2 Å². The van der Waals surface area contributed by atoms with Crippen LogP contribution in [0.4, 0.5) is 0 Å². The number of hydrogen-bond acceptors (Lipinski definition) is 6. The fraction of sp³-hybridized carbons (Fsp3) is 0.649. The summed E-state index contributed by atoms with van der Waals surface area (Å²) >= 11 is 0. The first-order valence-corrected chi connectivity index (χ1v) is 15.8. The summed E-state index contributed by atoms with van der Waals surface area (Å²) in [5.74, 6) is 2.15. The van der Waals surface area contributed by atoms with Gasteiger partial charge >= 0.3 is 0 Å². The molecule has 2 rings (SSSR count).